The summed E-state index contributed by atoms with van der Waals surface area (Å²) in [6.45, 7) is 6.67. The first kappa shape index (κ1) is 24.1. The molecular weight excluding hydrogens is 406 g/mol. The van der Waals surface area contributed by atoms with Gasteiger partial charge in [-0.05, 0) is 58.9 Å². The van der Waals surface area contributed by atoms with Crippen molar-refractivity contribution in [2.75, 3.05) is 11.9 Å². The zero-order valence-corrected chi connectivity index (χ0v) is 18.4. The lowest BCUT2D eigenvalue weighted by Gasteiger charge is -2.21. The first-order valence-electron chi connectivity index (χ1n) is 9.96. The largest absolute Gasteiger partial charge is 0.491 e. The van der Waals surface area contributed by atoms with Crippen LogP contribution in [0.5, 0.6) is 5.75 Å². The highest BCUT2D eigenvalue weighted by Crippen LogP contribution is 2.17. The molecule has 0 aliphatic rings. The molecule has 2 aromatic rings. The molecule has 31 heavy (non-hydrogen) atoms. The van der Waals surface area contributed by atoms with Gasteiger partial charge in [-0.25, -0.2) is 9.98 Å². The first-order valence-corrected chi connectivity index (χ1v) is 9.96. The molecule has 1 amide bonds. The van der Waals surface area contributed by atoms with Crippen LogP contribution in [0.4, 0.5) is 14.5 Å². The zero-order valence-electron chi connectivity index (χ0n) is 18.4. The molecule has 0 saturated carbocycles. The van der Waals surface area contributed by atoms with Crippen LogP contribution in [0.15, 0.2) is 41.7 Å². The number of anilines is 1. The maximum atomic E-state index is 13.1. The number of halogens is 2. The standard InChI is InChI=1S/C21H30F2N6O2/c1-14(2)31-16-8-6-15(7-9-16)27-20(26-13-18(30)28-21(3,4)5)25-12-17-24-10-11-29(17)19(22)23/h6-11,14,19H,12-13H2,1-5H3,(H,28,30)(H2,25,26,27). The molecule has 170 valence electrons. The van der Waals surface area contributed by atoms with Crippen molar-refractivity contribution >= 4 is 17.6 Å². The third kappa shape index (κ3) is 8.61. The van der Waals surface area contributed by atoms with Crippen molar-refractivity contribution in [3.8, 4) is 5.75 Å². The van der Waals surface area contributed by atoms with E-state index in [0.717, 1.165) is 10.3 Å². The van der Waals surface area contributed by atoms with E-state index in [0.29, 0.717) is 5.69 Å². The van der Waals surface area contributed by atoms with Crippen molar-refractivity contribution in [1.29, 1.82) is 0 Å². The summed E-state index contributed by atoms with van der Waals surface area (Å²) in [6, 6.07) is 7.19. The van der Waals surface area contributed by atoms with Gasteiger partial charge < -0.3 is 20.7 Å². The van der Waals surface area contributed by atoms with Crippen molar-refractivity contribution in [3.05, 3.63) is 42.5 Å². The molecule has 0 saturated heterocycles. The highest BCUT2D eigenvalue weighted by Gasteiger charge is 2.15. The van der Waals surface area contributed by atoms with Crippen LogP contribution in [0.25, 0.3) is 0 Å². The maximum Gasteiger partial charge on any atom is 0.319 e. The molecule has 1 heterocycles. The van der Waals surface area contributed by atoms with E-state index in [2.05, 4.69) is 25.9 Å². The van der Waals surface area contributed by atoms with Gasteiger partial charge in [-0.3, -0.25) is 9.36 Å². The van der Waals surface area contributed by atoms with Gasteiger partial charge in [0.05, 0.1) is 12.6 Å². The second kappa shape index (κ2) is 10.7. The van der Waals surface area contributed by atoms with E-state index in [1.54, 1.807) is 24.3 Å². The molecule has 10 heteroatoms. The second-order valence-corrected chi connectivity index (χ2v) is 8.16. The minimum absolute atomic E-state index is 0.0407. The molecule has 0 spiro atoms. The minimum Gasteiger partial charge on any atom is -0.491 e. The number of guanidine groups is 1. The molecule has 0 aliphatic carbocycles. The SMILES string of the molecule is CC(C)Oc1ccc(NC(=NCc2nccn2C(F)F)NCC(=O)NC(C)(C)C)cc1. The van der Waals surface area contributed by atoms with E-state index >= 15 is 0 Å². The number of hydrogen-bond acceptors (Lipinski definition) is 4. The summed E-state index contributed by atoms with van der Waals surface area (Å²) in [4.78, 5) is 20.4. The fourth-order valence-corrected chi connectivity index (χ4v) is 2.59. The van der Waals surface area contributed by atoms with E-state index in [1.165, 1.54) is 12.4 Å². The van der Waals surface area contributed by atoms with Crippen LogP contribution in [0.1, 0.15) is 47.0 Å². The number of carbonyl (C=O) groups is 1. The number of benzene rings is 1. The Bertz CT molecular complexity index is 873. The lowest BCUT2D eigenvalue weighted by molar-refractivity contribution is -0.121. The number of nitrogens with zero attached hydrogens (tertiary/aromatic N) is 3. The van der Waals surface area contributed by atoms with Crippen LogP contribution in [0.2, 0.25) is 0 Å². The Morgan fingerprint density at radius 1 is 1.23 bits per heavy atom. The predicted molar refractivity (Wildman–Crippen MR) is 116 cm³/mol. The van der Waals surface area contributed by atoms with Gasteiger partial charge in [-0.15, -0.1) is 0 Å². The summed E-state index contributed by atoms with van der Waals surface area (Å²) in [7, 11) is 0. The normalized spacial score (nSPS) is 12.2. The van der Waals surface area contributed by atoms with Crippen LogP contribution >= 0.6 is 0 Å². The van der Waals surface area contributed by atoms with E-state index in [-0.39, 0.29) is 42.4 Å². The molecule has 0 aliphatic heterocycles. The summed E-state index contributed by atoms with van der Waals surface area (Å²) in [6.07, 6.45) is 2.54. The van der Waals surface area contributed by atoms with Gasteiger partial charge >= 0.3 is 6.55 Å². The fraction of sp³-hybridized carbons (Fsp3) is 0.476. The van der Waals surface area contributed by atoms with Gasteiger partial charge in [-0.1, -0.05) is 0 Å². The van der Waals surface area contributed by atoms with Crippen molar-refractivity contribution in [3.63, 3.8) is 0 Å². The molecule has 2 rings (SSSR count). The Hall–Kier alpha value is -3.17. The van der Waals surface area contributed by atoms with Crippen LogP contribution in [0.3, 0.4) is 0 Å². The number of aliphatic imine (C=N–C) groups is 1. The minimum atomic E-state index is -2.71. The summed E-state index contributed by atoms with van der Waals surface area (Å²) in [5.41, 5.74) is 0.313. The van der Waals surface area contributed by atoms with Crippen molar-refractivity contribution in [2.24, 2.45) is 4.99 Å². The van der Waals surface area contributed by atoms with Gasteiger partial charge in [-0.2, -0.15) is 8.78 Å². The highest BCUT2D eigenvalue weighted by molar-refractivity contribution is 5.96. The second-order valence-electron chi connectivity index (χ2n) is 8.16. The van der Waals surface area contributed by atoms with Crippen LogP contribution in [-0.4, -0.2) is 39.6 Å². The van der Waals surface area contributed by atoms with Gasteiger partial charge in [0.25, 0.3) is 0 Å². The Morgan fingerprint density at radius 3 is 2.48 bits per heavy atom. The van der Waals surface area contributed by atoms with Gasteiger partial charge in [0.2, 0.25) is 5.91 Å². The van der Waals surface area contributed by atoms with E-state index in [1.807, 2.05) is 34.6 Å². The number of hydrogen-bond donors (Lipinski definition) is 3. The average Bonchev–Trinajstić information content (AvgIpc) is 3.12. The summed E-state index contributed by atoms with van der Waals surface area (Å²) in [5.74, 6) is 0.855. The monoisotopic (exact) mass is 436 g/mol. The topological polar surface area (TPSA) is 92.6 Å². The number of nitrogens with one attached hydrogen (secondary N) is 3. The number of amides is 1. The number of alkyl halides is 2. The predicted octanol–water partition coefficient (Wildman–Crippen LogP) is 3.54. The Kier molecular flexibility index (Phi) is 8.35. The highest BCUT2D eigenvalue weighted by atomic mass is 19.3. The van der Waals surface area contributed by atoms with Gasteiger partial charge in [0.1, 0.15) is 18.1 Å². The van der Waals surface area contributed by atoms with Crippen LogP contribution < -0.4 is 20.7 Å². The number of imidazole rings is 1. The maximum absolute atomic E-state index is 13.1. The molecular formula is C21H30F2N6O2. The molecule has 3 N–H and O–H groups in total. The summed E-state index contributed by atoms with van der Waals surface area (Å²) < 4.78 is 32.5. The smallest absolute Gasteiger partial charge is 0.319 e. The molecule has 8 nitrogen and oxygen atoms in total. The van der Waals surface area contributed by atoms with Crippen molar-refractivity contribution in [2.45, 2.75) is 59.4 Å². The van der Waals surface area contributed by atoms with Gasteiger partial charge in [0.15, 0.2) is 5.96 Å². The Balaban J connectivity index is 2.12. The van der Waals surface area contributed by atoms with Gasteiger partial charge in [0, 0.05) is 23.6 Å². The number of rotatable bonds is 8. The zero-order chi connectivity index (χ0) is 23.0. The third-order valence-corrected chi connectivity index (χ3v) is 3.76. The lowest BCUT2D eigenvalue weighted by Crippen LogP contribution is -2.46. The Labute approximate surface area is 181 Å². The van der Waals surface area contributed by atoms with E-state index < -0.39 is 6.55 Å². The quantitative estimate of drug-likeness (QED) is 0.435. The lowest BCUT2D eigenvalue weighted by atomic mass is 10.1. The molecule has 0 unspecified atom stereocenters. The van der Waals surface area contributed by atoms with Crippen molar-refractivity contribution in [1.82, 2.24) is 20.2 Å². The summed E-state index contributed by atoms with van der Waals surface area (Å²) in [5, 5.41) is 8.83. The molecule has 0 atom stereocenters. The molecule has 0 fully saturated rings. The van der Waals surface area contributed by atoms with E-state index in [4.69, 9.17) is 4.74 Å². The third-order valence-electron chi connectivity index (χ3n) is 3.76. The molecule has 1 aromatic carbocycles. The number of carbonyl (C=O) groups excluding carboxylic acids is 1. The molecule has 1 aromatic heterocycles. The van der Waals surface area contributed by atoms with E-state index in [9.17, 15) is 13.6 Å². The number of aromatic nitrogens is 2. The Morgan fingerprint density at radius 2 is 1.90 bits per heavy atom. The molecule has 0 radical (unpaired) electrons. The first-order chi connectivity index (χ1) is 14.5. The van der Waals surface area contributed by atoms with Crippen LogP contribution in [-0.2, 0) is 11.3 Å². The number of ether oxygens (including phenoxy) is 1. The molecule has 0 bridgehead atoms. The fourth-order valence-electron chi connectivity index (χ4n) is 2.59. The van der Waals surface area contributed by atoms with Crippen molar-refractivity contribution < 1.29 is 18.3 Å². The van der Waals surface area contributed by atoms with Crippen LogP contribution in [0, 0.1) is 0 Å². The summed E-state index contributed by atoms with van der Waals surface area (Å²) >= 11 is 0. The average molecular weight is 437 g/mol.